The number of sulfonamides is 1. The summed E-state index contributed by atoms with van der Waals surface area (Å²) in [4.78, 5) is 14.6. The molecule has 0 bridgehead atoms. The van der Waals surface area contributed by atoms with E-state index in [1.165, 1.54) is 16.1 Å². The molecule has 1 aromatic rings. The number of hydrogen-bond acceptors (Lipinski definition) is 5. The molecule has 1 unspecified atom stereocenters. The molecule has 1 amide bonds. The van der Waals surface area contributed by atoms with Gasteiger partial charge in [-0.05, 0) is 19.1 Å². The Morgan fingerprint density at radius 3 is 2.52 bits per heavy atom. The maximum Gasteiger partial charge on any atom is 0.244 e. The van der Waals surface area contributed by atoms with Crippen LogP contribution in [-0.2, 0) is 19.6 Å². The van der Waals surface area contributed by atoms with Gasteiger partial charge in [-0.25, -0.2) is 8.42 Å². The van der Waals surface area contributed by atoms with Gasteiger partial charge in [-0.1, -0.05) is 17.7 Å². The number of aryl methyl sites for hydroxylation is 1. The molecular weight excluding hydrogens is 336 g/mol. The lowest BCUT2D eigenvalue weighted by molar-refractivity contribution is -0.138. The van der Waals surface area contributed by atoms with Crippen LogP contribution in [0.4, 0.5) is 0 Å². The maximum absolute atomic E-state index is 12.9. The van der Waals surface area contributed by atoms with Crippen LogP contribution >= 0.6 is 11.8 Å². The molecule has 3 rings (SSSR count). The van der Waals surface area contributed by atoms with Crippen LogP contribution in [0.25, 0.3) is 0 Å². The van der Waals surface area contributed by atoms with E-state index >= 15 is 0 Å². The van der Waals surface area contributed by atoms with Crippen molar-refractivity contribution < 1.29 is 17.9 Å². The van der Waals surface area contributed by atoms with E-state index in [0.717, 1.165) is 5.56 Å². The molecule has 2 fully saturated rings. The van der Waals surface area contributed by atoms with Crippen molar-refractivity contribution in [2.24, 2.45) is 0 Å². The van der Waals surface area contributed by atoms with Crippen molar-refractivity contribution in [2.75, 3.05) is 37.9 Å². The minimum absolute atomic E-state index is 0.117. The number of hydrogen-bond donors (Lipinski definition) is 0. The number of morpholine rings is 1. The summed E-state index contributed by atoms with van der Waals surface area (Å²) in [6, 6.07) is 6.13. The largest absolute Gasteiger partial charge is 0.378 e. The van der Waals surface area contributed by atoms with Crippen LogP contribution in [0.1, 0.15) is 5.56 Å². The average Bonchev–Trinajstić information content (AvgIpc) is 3.06. The number of carbonyl (C=O) groups excluding carboxylic acids is 1. The molecule has 8 heteroatoms. The molecule has 2 saturated heterocycles. The molecule has 6 nitrogen and oxygen atoms in total. The Balaban J connectivity index is 1.82. The van der Waals surface area contributed by atoms with Crippen molar-refractivity contribution >= 4 is 27.7 Å². The molecule has 2 aliphatic heterocycles. The van der Waals surface area contributed by atoms with Gasteiger partial charge in [0.25, 0.3) is 0 Å². The summed E-state index contributed by atoms with van der Waals surface area (Å²) in [7, 11) is -3.65. The van der Waals surface area contributed by atoms with Gasteiger partial charge in [-0.2, -0.15) is 4.31 Å². The smallest absolute Gasteiger partial charge is 0.244 e. The van der Waals surface area contributed by atoms with Gasteiger partial charge < -0.3 is 9.64 Å². The van der Waals surface area contributed by atoms with E-state index in [2.05, 4.69) is 0 Å². The molecule has 0 N–H and O–H groups in total. The Morgan fingerprint density at radius 2 is 1.87 bits per heavy atom. The zero-order valence-electron chi connectivity index (χ0n) is 13.0. The number of carbonyl (C=O) groups is 1. The minimum atomic E-state index is -3.65. The van der Waals surface area contributed by atoms with Crippen LogP contribution in [0.5, 0.6) is 0 Å². The molecule has 2 aliphatic rings. The second-order valence-electron chi connectivity index (χ2n) is 5.66. The highest BCUT2D eigenvalue weighted by molar-refractivity contribution is 8.00. The van der Waals surface area contributed by atoms with Crippen molar-refractivity contribution in [2.45, 2.75) is 17.9 Å². The second-order valence-corrected chi connectivity index (χ2v) is 8.55. The number of ether oxygens (including phenoxy) is 1. The summed E-state index contributed by atoms with van der Waals surface area (Å²) in [5.74, 6) is 0.701. The van der Waals surface area contributed by atoms with Crippen molar-refractivity contribution in [3.8, 4) is 0 Å². The van der Waals surface area contributed by atoms with Gasteiger partial charge in [0, 0.05) is 18.8 Å². The van der Waals surface area contributed by atoms with Gasteiger partial charge >= 0.3 is 0 Å². The predicted octanol–water partition coefficient (Wildman–Crippen LogP) is 0.917. The third-order valence-corrected chi connectivity index (χ3v) is 7.12. The molecule has 2 heterocycles. The van der Waals surface area contributed by atoms with Gasteiger partial charge in [-0.3, -0.25) is 4.79 Å². The van der Waals surface area contributed by atoms with Crippen molar-refractivity contribution in [3.05, 3.63) is 29.8 Å². The first-order valence-corrected chi connectivity index (χ1v) is 10.1. The SMILES string of the molecule is Cc1ccc(S(=O)(=O)N2CSCC2C(=O)N2CCOCC2)cc1. The highest BCUT2D eigenvalue weighted by Gasteiger charge is 2.41. The molecule has 1 aromatic carbocycles. The van der Waals surface area contributed by atoms with E-state index in [9.17, 15) is 13.2 Å². The van der Waals surface area contributed by atoms with E-state index in [-0.39, 0.29) is 10.8 Å². The zero-order chi connectivity index (χ0) is 16.4. The van der Waals surface area contributed by atoms with Gasteiger partial charge in [0.1, 0.15) is 6.04 Å². The minimum Gasteiger partial charge on any atom is -0.378 e. The Bertz CT molecular complexity index is 669. The van der Waals surface area contributed by atoms with Crippen LogP contribution in [0, 0.1) is 6.92 Å². The standard InChI is InChI=1S/C15H20N2O4S2/c1-12-2-4-13(5-3-12)23(19,20)17-11-22-10-14(17)15(18)16-6-8-21-9-7-16/h2-5,14H,6-11H2,1H3. The monoisotopic (exact) mass is 356 g/mol. The maximum atomic E-state index is 12.9. The lowest BCUT2D eigenvalue weighted by Gasteiger charge is -2.31. The first kappa shape index (κ1) is 16.8. The highest BCUT2D eigenvalue weighted by Crippen LogP contribution is 2.29. The molecular formula is C15H20N2O4S2. The van der Waals surface area contributed by atoms with E-state index in [4.69, 9.17) is 4.74 Å². The fourth-order valence-corrected chi connectivity index (χ4v) is 5.83. The summed E-state index contributed by atoms with van der Waals surface area (Å²) in [6.45, 7) is 3.98. The molecule has 0 radical (unpaired) electrons. The first-order chi connectivity index (χ1) is 11.0. The van der Waals surface area contributed by atoms with Crippen LogP contribution in [0.2, 0.25) is 0 Å². The number of nitrogens with zero attached hydrogens (tertiary/aromatic N) is 2. The molecule has 0 aromatic heterocycles. The Morgan fingerprint density at radius 1 is 1.22 bits per heavy atom. The third-order valence-electron chi connectivity index (χ3n) is 4.08. The summed E-state index contributed by atoms with van der Waals surface area (Å²) < 4.78 is 32.3. The number of rotatable bonds is 3. The van der Waals surface area contributed by atoms with Crippen LogP contribution in [-0.4, -0.2) is 67.5 Å². The third kappa shape index (κ3) is 3.40. The van der Waals surface area contributed by atoms with E-state index in [1.54, 1.807) is 29.2 Å². The van der Waals surface area contributed by atoms with Crippen molar-refractivity contribution in [1.82, 2.24) is 9.21 Å². The zero-order valence-corrected chi connectivity index (χ0v) is 14.6. The van der Waals surface area contributed by atoms with Crippen LogP contribution < -0.4 is 0 Å². The second kappa shape index (κ2) is 6.80. The lowest BCUT2D eigenvalue weighted by atomic mass is 10.2. The summed E-state index contributed by atoms with van der Waals surface area (Å²) in [5.41, 5.74) is 1.00. The quantitative estimate of drug-likeness (QED) is 0.806. The molecule has 126 valence electrons. The topological polar surface area (TPSA) is 66.9 Å². The van der Waals surface area contributed by atoms with Gasteiger partial charge in [0.2, 0.25) is 15.9 Å². The lowest BCUT2D eigenvalue weighted by Crippen LogP contribution is -2.51. The summed E-state index contributed by atoms with van der Waals surface area (Å²) >= 11 is 1.48. The van der Waals surface area contributed by atoms with Crippen LogP contribution in [0.15, 0.2) is 29.2 Å². The molecule has 0 aliphatic carbocycles. The number of benzene rings is 1. The van der Waals surface area contributed by atoms with Gasteiger partial charge in [0.05, 0.1) is 24.0 Å². The van der Waals surface area contributed by atoms with E-state index < -0.39 is 16.1 Å². The highest BCUT2D eigenvalue weighted by atomic mass is 32.2. The molecule has 0 spiro atoms. The number of amides is 1. The Kier molecular flexibility index (Phi) is 4.96. The molecule has 1 atom stereocenters. The molecule has 23 heavy (non-hydrogen) atoms. The van der Waals surface area contributed by atoms with Crippen LogP contribution in [0.3, 0.4) is 0 Å². The summed E-state index contributed by atoms with van der Waals surface area (Å²) in [5, 5.41) is 0. The Hall–Kier alpha value is -1.09. The number of thioether (sulfide) groups is 1. The van der Waals surface area contributed by atoms with E-state index in [1.807, 2.05) is 6.92 Å². The van der Waals surface area contributed by atoms with Gasteiger partial charge in [-0.15, -0.1) is 11.8 Å². The first-order valence-electron chi connectivity index (χ1n) is 7.53. The predicted molar refractivity (Wildman–Crippen MR) is 88.7 cm³/mol. The average molecular weight is 356 g/mol. The Labute approximate surface area is 140 Å². The van der Waals surface area contributed by atoms with Crippen molar-refractivity contribution in [3.63, 3.8) is 0 Å². The van der Waals surface area contributed by atoms with Crippen molar-refractivity contribution in [1.29, 1.82) is 0 Å². The fraction of sp³-hybridized carbons (Fsp3) is 0.533. The fourth-order valence-electron chi connectivity index (χ4n) is 2.70. The summed E-state index contributed by atoms with van der Waals surface area (Å²) in [6.07, 6.45) is 0. The normalized spacial score (nSPS) is 23.2. The van der Waals surface area contributed by atoms with Gasteiger partial charge in [0.15, 0.2) is 0 Å². The van der Waals surface area contributed by atoms with E-state index in [0.29, 0.717) is 37.9 Å². The molecule has 0 saturated carbocycles.